The molecule has 12 rings (SSSR count). The number of unbranched alkanes of at least 4 members (excludes halogenated alkanes) is 2. The molecule has 1 nitrogen and oxygen atoms in total. The maximum absolute atomic E-state index is 2.44. The van der Waals surface area contributed by atoms with E-state index in [-0.39, 0.29) is 0 Å². The third-order valence-electron chi connectivity index (χ3n) is 17.1. The number of hydrogen-bond donors (Lipinski definition) is 0. The zero-order valence-electron chi connectivity index (χ0n) is 51.3. The van der Waals surface area contributed by atoms with E-state index in [1.54, 1.807) is 11.1 Å². The van der Waals surface area contributed by atoms with Gasteiger partial charge in [0.15, 0.2) is 0 Å². The molecule has 0 N–H and O–H groups in total. The van der Waals surface area contributed by atoms with Crippen molar-refractivity contribution in [1.82, 2.24) is 4.57 Å². The van der Waals surface area contributed by atoms with Crippen LogP contribution < -0.4 is 0 Å². The number of hydrogen-bond acceptors (Lipinski definition) is 0. The summed E-state index contributed by atoms with van der Waals surface area (Å²) in [6.07, 6.45) is 11.5. The third kappa shape index (κ3) is 13.5. The Morgan fingerprint density at radius 2 is 1.08 bits per heavy atom. The van der Waals surface area contributed by atoms with E-state index in [9.17, 15) is 0 Å². The minimum atomic E-state index is 0.567. The predicted octanol–water partition coefficient (Wildman–Crippen LogP) is 23.4. The number of aromatic nitrogens is 1. The number of para-hydroxylation sites is 2. The van der Waals surface area contributed by atoms with Gasteiger partial charge in [-0.1, -0.05) is 284 Å². The number of fused-ring (bicyclic) bond motifs is 6. The Balaban J connectivity index is 0.000000192. The molecule has 420 valence electrons. The zero-order chi connectivity index (χ0) is 58.2. The van der Waals surface area contributed by atoms with E-state index in [1.165, 1.54) is 149 Å². The molecule has 1 aliphatic carbocycles. The number of benzene rings is 10. The van der Waals surface area contributed by atoms with E-state index in [2.05, 4.69) is 278 Å². The molecule has 0 fully saturated rings. The van der Waals surface area contributed by atoms with Crippen LogP contribution in [0.15, 0.2) is 237 Å². The van der Waals surface area contributed by atoms with E-state index in [4.69, 9.17) is 0 Å². The zero-order valence-corrected chi connectivity index (χ0v) is 51.3. The smallest absolute Gasteiger partial charge is 0.0576 e. The Kier molecular flexibility index (Phi) is 20.5. The van der Waals surface area contributed by atoms with Gasteiger partial charge in [0.25, 0.3) is 0 Å². The molecule has 10 aromatic carbocycles. The Hall–Kier alpha value is -8.26. The van der Waals surface area contributed by atoms with Crippen LogP contribution in [0.25, 0.3) is 66.4 Å². The van der Waals surface area contributed by atoms with Gasteiger partial charge in [-0.15, -0.1) is 0 Å². The van der Waals surface area contributed by atoms with Gasteiger partial charge in [0.2, 0.25) is 0 Å². The van der Waals surface area contributed by atoms with Crippen molar-refractivity contribution in [1.29, 1.82) is 0 Å². The van der Waals surface area contributed by atoms with Crippen molar-refractivity contribution >= 4 is 27.4 Å². The molecule has 1 aromatic heterocycles. The molecule has 1 aliphatic rings. The summed E-state index contributed by atoms with van der Waals surface area (Å²) < 4.78 is 2.44. The van der Waals surface area contributed by atoms with Crippen molar-refractivity contribution in [3.05, 3.63) is 298 Å². The summed E-state index contributed by atoms with van der Waals surface area (Å²) in [5.74, 6) is 1.20. The fraction of sp³-hybridized carbons (Fsp3) is 0.244. The van der Waals surface area contributed by atoms with Crippen LogP contribution in [0.2, 0.25) is 0 Å². The number of nitrogens with zero attached hydrogens (tertiary/aromatic N) is 1. The first-order valence-electron chi connectivity index (χ1n) is 31.0. The molecule has 83 heavy (non-hydrogen) atoms. The third-order valence-corrected chi connectivity index (χ3v) is 17.1. The van der Waals surface area contributed by atoms with Crippen LogP contribution >= 0.6 is 0 Å². The van der Waals surface area contributed by atoms with E-state index >= 15 is 0 Å². The largest absolute Gasteiger partial charge is 0.309 e. The van der Waals surface area contributed by atoms with Crippen LogP contribution in [-0.2, 0) is 19.3 Å². The first kappa shape index (κ1) is 59.4. The minimum absolute atomic E-state index is 0.567. The lowest BCUT2D eigenvalue weighted by atomic mass is 9.72. The molecule has 0 bridgehead atoms. The number of allylic oxidation sites excluding steroid dienone is 1. The Labute approximate surface area is 498 Å². The summed E-state index contributed by atoms with van der Waals surface area (Å²) in [7, 11) is 0. The van der Waals surface area contributed by atoms with Gasteiger partial charge in [-0.2, -0.15) is 0 Å². The molecule has 0 amide bonds. The molecule has 1 heterocycles. The molecule has 11 aromatic rings. The lowest BCUT2D eigenvalue weighted by Gasteiger charge is -2.32. The van der Waals surface area contributed by atoms with Gasteiger partial charge in [0.05, 0.1) is 11.0 Å². The Morgan fingerprint density at radius 1 is 0.506 bits per heavy atom. The van der Waals surface area contributed by atoms with Gasteiger partial charge in [-0.25, -0.2) is 0 Å². The summed E-state index contributed by atoms with van der Waals surface area (Å²) in [5, 5.41) is 2.60. The summed E-state index contributed by atoms with van der Waals surface area (Å²) in [4.78, 5) is 0. The molecule has 0 radical (unpaired) electrons. The lowest BCUT2D eigenvalue weighted by molar-refractivity contribution is 0.637. The van der Waals surface area contributed by atoms with E-state index in [0.717, 1.165) is 19.3 Å². The molecule has 0 saturated carbocycles. The summed E-state index contributed by atoms with van der Waals surface area (Å²) in [6, 6.07) is 84.4. The SMILES string of the molecule is CC.CCC(C)c1c(-c2ccccc2C)ccc2c1CC(CC)c1ccccc1-2.CCCC/C=C(\c1ccc(C)cc1)c1ccc(CCc2ccccc2-c2ccc3c4ccccc4n(-c4ccccc4)c3c2C)cc1.Cc1ccccc1. The highest BCUT2D eigenvalue weighted by atomic mass is 15.0. The molecular formula is C82H87N. The second-order valence-corrected chi connectivity index (χ2v) is 22.5. The molecule has 2 unspecified atom stereocenters. The highest BCUT2D eigenvalue weighted by Gasteiger charge is 2.28. The van der Waals surface area contributed by atoms with E-state index < -0.39 is 0 Å². The predicted molar refractivity (Wildman–Crippen MR) is 363 cm³/mol. The number of rotatable bonds is 14. The molecule has 0 aliphatic heterocycles. The standard InChI is InChI=1S/C46H43N.C27H30.C7H8.C2H6/c1-4-5-7-17-41(37-26-21-33(2)22-27-37)38-29-24-35(25-30-38)23-28-36-14-10-11-18-42(36)40-31-32-44-43-19-12-13-20-45(43)47(46(44)34(40)3)39-15-8-6-9-16-39;1-5-18(3)27-25(21-12-8-7-11-19(21)4)16-15-24-23-14-10-9-13-22(23)20(6-2)17-26(24)27;1-7-5-3-2-4-6-7;1-2/h6,8-22,24-27,29-32H,4-5,7,23,28H2,1-3H3;7-16,18,20H,5-6,17H2,1-4H3;2-6H,1H3;1-2H3/b41-17+;;;. The van der Waals surface area contributed by atoms with Crippen molar-refractivity contribution in [2.75, 3.05) is 0 Å². The fourth-order valence-corrected chi connectivity index (χ4v) is 12.4. The van der Waals surface area contributed by atoms with Crippen molar-refractivity contribution in [2.24, 2.45) is 0 Å². The molecule has 0 saturated heterocycles. The Bertz CT molecular complexity index is 3890. The maximum Gasteiger partial charge on any atom is 0.0576 e. The first-order chi connectivity index (χ1) is 40.7. The van der Waals surface area contributed by atoms with E-state index in [1.807, 2.05) is 32.0 Å². The van der Waals surface area contributed by atoms with Crippen molar-refractivity contribution < 1.29 is 0 Å². The van der Waals surface area contributed by atoms with Gasteiger partial charge in [0.1, 0.15) is 0 Å². The van der Waals surface area contributed by atoms with Crippen LogP contribution in [-0.4, -0.2) is 4.57 Å². The second-order valence-electron chi connectivity index (χ2n) is 22.5. The van der Waals surface area contributed by atoms with Crippen molar-refractivity contribution in [2.45, 2.75) is 132 Å². The highest BCUT2D eigenvalue weighted by Crippen LogP contribution is 2.47. The lowest BCUT2D eigenvalue weighted by Crippen LogP contribution is -2.14. The van der Waals surface area contributed by atoms with Gasteiger partial charge < -0.3 is 4.57 Å². The highest BCUT2D eigenvalue weighted by molar-refractivity contribution is 6.11. The van der Waals surface area contributed by atoms with Crippen LogP contribution in [0.1, 0.15) is 147 Å². The average Bonchev–Trinajstić information content (AvgIpc) is 3.48. The summed E-state index contributed by atoms with van der Waals surface area (Å²) in [6.45, 7) is 22.1. The fourth-order valence-electron chi connectivity index (χ4n) is 12.4. The van der Waals surface area contributed by atoms with Gasteiger partial charge in [-0.05, 0) is 185 Å². The maximum atomic E-state index is 2.44. The topological polar surface area (TPSA) is 4.93 Å². The van der Waals surface area contributed by atoms with Crippen LogP contribution in [0.4, 0.5) is 0 Å². The normalized spacial score (nSPS) is 12.9. The van der Waals surface area contributed by atoms with Gasteiger partial charge in [-0.3, -0.25) is 0 Å². The van der Waals surface area contributed by atoms with E-state index in [0.29, 0.717) is 11.8 Å². The molecular weight excluding hydrogens is 999 g/mol. The minimum Gasteiger partial charge on any atom is -0.309 e. The molecule has 2 atom stereocenters. The van der Waals surface area contributed by atoms with Crippen LogP contribution in [0, 0.1) is 27.7 Å². The monoisotopic (exact) mass is 1090 g/mol. The summed E-state index contributed by atoms with van der Waals surface area (Å²) in [5.41, 5.74) is 28.8. The van der Waals surface area contributed by atoms with Crippen LogP contribution in [0.3, 0.4) is 0 Å². The van der Waals surface area contributed by atoms with Crippen LogP contribution in [0.5, 0.6) is 0 Å². The average molecular weight is 1090 g/mol. The van der Waals surface area contributed by atoms with Gasteiger partial charge in [0, 0.05) is 16.5 Å². The number of aryl methyl sites for hydroxylation is 6. The van der Waals surface area contributed by atoms with Crippen molar-refractivity contribution in [3.63, 3.8) is 0 Å². The van der Waals surface area contributed by atoms with Crippen molar-refractivity contribution in [3.8, 4) is 39.1 Å². The Morgan fingerprint density at radius 3 is 1.75 bits per heavy atom. The quantitative estimate of drug-likeness (QED) is 0.0957. The summed E-state index contributed by atoms with van der Waals surface area (Å²) >= 11 is 0. The first-order valence-corrected chi connectivity index (χ1v) is 31.0. The molecule has 0 spiro atoms. The second kappa shape index (κ2) is 28.6. The van der Waals surface area contributed by atoms with Gasteiger partial charge >= 0.3 is 0 Å². The molecule has 1 heteroatoms.